The Morgan fingerprint density at radius 3 is 2.72 bits per heavy atom. The van der Waals surface area contributed by atoms with E-state index in [0.29, 0.717) is 6.04 Å². The fraction of sp³-hybridized carbons (Fsp3) is 0.600. The molecule has 3 nitrogen and oxygen atoms in total. The second-order valence-corrected chi connectivity index (χ2v) is 5.38. The highest BCUT2D eigenvalue weighted by Gasteiger charge is 2.24. The van der Waals surface area contributed by atoms with E-state index >= 15 is 0 Å². The van der Waals surface area contributed by atoms with Crippen molar-refractivity contribution in [2.24, 2.45) is 0 Å². The standard InChI is InChI=1S/C15H24N2O/c1-12-4-5-15(13(2)10-12)17-8-7-16(3)14(11-17)6-9-18/h4-5,10,14,18H,6-9,11H2,1-3H3. The van der Waals surface area contributed by atoms with E-state index in [-0.39, 0.29) is 6.61 Å². The number of benzene rings is 1. The van der Waals surface area contributed by atoms with Crippen molar-refractivity contribution in [2.45, 2.75) is 26.3 Å². The Morgan fingerprint density at radius 1 is 1.28 bits per heavy atom. The second kappa shape index (κ2) is 5.72. The molecule has 1 fully saturated rings. The molecule has 0 amide bonds. The summed E-state index contributed by atoms with van der Waals surface area (Å²) < 4.78 is 0. The molecular weight excluding hydrogens is 224 g/mol. The summed E-state index contributed by atoms with van der Waals surface area (Å²) in [6.07, 6.45) is 0.859. The van der Waals surface area contributed by atoms with Crippen molar-refractivity contribution >= 4 is 5.69 Å². The van der Waals surface area contributed by atoms with E-state index in [1.807, 2.05) is 0 Å². The number of rotatable bonds is 3. The van der Waals surface area contributed by atoms with Crippen molar-refractivity contribution < 1.29 is 5.11 Å². The first-order valence-electron chi connectivity index (χ1n) is 6.75. The smallest absolute Gasteiger partial charge is 0.0446 e. The minimum Gasteiger partial charge on any atom is -0.396 e. The fourth-order valence-electron chi connectivity index (χ4n) is 2.79. The second-order valence-electron chi connectivity index (χ2n) is 5.38. The van der Waals surface area contributed by atoms with Crippen LogP contribution in [0.2, 0.25) is 0 Å². The van der Waals surface area contributed by atoms with Crippen LogP contribution in [0.15, 0.2) is 18.2 Å². The minimum absolute atomic E-state index is 0.274. The molecule has 18 heavy (non-hydrogen) atoms. The van der Waals surface area contributed by atoms with E-state index in [9.17, 15) is 0 Å². The van der Waals surface area contributed by atoms with E-state index in [2.05, 4.69) is 48.9 Å². The number of aliphatic hydroxyl groups is 1. The molecule has 0 aliphatic carbocycles. The lowest BCUT2D eigenvalue weighted by atomic mass is 10.1. The number of piperazine rings is 1. The van der Waals surface area contributed by atoms with Gasteiger partial charge in [0.05, 0.1) is 0 Å². The molecule has 0 aromatic heterocycles. The number of likely N-dealkylation sites (N-methyl/N-ethyl adjacent to an activating group) is 1. The molecule has 1 heterocycles. The Hall–Kier alpha value is -1.06. The van der Waals surface area contributed by atoms with Crippen LogP contribution in [0.25, 0.3) is 0 Å². The number of aliphatic hydroxyl groups excluding tert-OH is 1. The molecule has 1 aromatic rings. The monoisotopic (exact) mass is 248 g/mol. The summed E-state index contributed by atoms with van der Waals surface area (Å²) in [5, 5.41) is 9.14. The number of anilines is 1. The van der Waals surface area contributed by atoms with Gasteiger partial charge in [0.1, 0.15) is 0 Å². The van der Waals surface area contributed by atoms with Gasteiger partial charge in [-0.05, 0) is 38.9 Å². The largest absolute Gasteiger partial charge is 0.396 e. The molecule has 1 aliphatic rings. The van der Waals surface area contributed by atoms with Crippen LogP contribution in [-0.2, 0) is 0 Å². The summed E-state index contributed by atoms with van der Waals surface area (Å²) in [4.78, 5) is 4.81. The Kier molecular flexibility index (Phi) is 4.25. The van der Waals surface area contributed by atoms with Gasteiger partial charge < -0.3 is 10.0 Å². The summed E-state index contributed by atoms with van der Waals surface area (Å²) in [5.41, 5.74) is 4.01. The number of hydrogen-bond donors (Lipinski definition) is 1. The summed E-state index contributed by atoms with van der Waals surface area (Å²) >= 11 is 0. The van der Waals surface area contributed by atoms with E-state index < -0.39 is 0 Å². The third-order valence-electron chi connectivity index (χ3n) is 3.93. The molecule has 0 bridgehead atoms. The SMILES string of the molecule is Cc1ccc(N2CCN(C)C(CCO)C2)c(C)c1. The Bertz CT molecular complexity index is 405. The van der Waals surface area contributed by atoms with Gasteiger partial charge in [-0.25, -0.2) is 0 Å². The van der Waals surface area contributed by atoms with Gasteiger partial charge in [0, 0.05) is 38.0 Å². The molecule has 1 saturated heterocycles. The average molecular weight is 248 g/mol. The molecule has 2 rings (SSSR count). The normalized spacial score (nSPS) is 21.3. The van der Waals surface area contributed by atoms with Crippen LogP contribution < -0.4 is 4.90 Å². The zero-order valence-electron chi connectivity index (χ0n) is 11.7. The Balaban J connectivity index is 2.13. The maximum absolute atomic E-state index is 9.14. The predicted octanol–water partition coefficient (Wildman–Crippen LogP) is 1.81. The number of hydrogen-bond acceptors (Lipinski definition) is 3. The fourth-order valence-corrected chi connectivity index (χ4v) is 2.79. The van der Waals surface area contributed by atoms with Crippen LogP contribution in [0.5, 0.6) is 0 Å². The summed E-state index contributed by atoms with van der Waals surface area (Å²) in [6.45, 7) is 7.74. The Labute approximate surface area is 110 Å². The summed E-state index contributed by atoms with van der Waals surface area (Å²) in [6, 6.07) is 7.12. The molecule has 1 aromatic carbocycles. The van der Waals surface area contributed by atoms with E-state index in [0.717, 1.165) is 26.1 Å². The van der Waals surface area contributed by atoms with E-state index in [1.54, 1.807) is 0 Å². The van der Waals surface area contributed by atoms with Crippen LogP contribution in [0, 0.1) is 13.8 Å². The third-order valence-corrected chi connectivity index (χ3v) is 3.93. The Morgan fingerprint density at radius 2 is 2.06 bits per heavy atom. The van der Waals surface area contributed by atoms with Crippen LogP contribution in [0.1, 0.15) is 17.5 Å². The molecular formula is C15H24N2O. The van der Waals surface area contributed by atoms with Crippen molar-refractivity contribution in [3.8, 4) is 0 Å². The number of nitrogens with zero attached hydrogens (tertiary/aromatic N) is 2. The van der Waals surface area contributed by atoms with Crippen LogP contribution in [-0.4, -0.2) is 49.3 Å². The average Bonchev–Trinajstić information content (AvgIpc) is 2.33. The first-order valence-corrected chi connectivity index (χ1v) is 6.75. The van der Waals surface area contributed by atoms with Gasteiger partial charge in [-0.3, -0.25) is 4.90 Å². The lowest BCUT2D eigenvalue weighted by Crippen LogP contribution is -2.52. The first kappa shape index (κ1) is 13.4. The zero-order valence-corrected chi connectivity index (χ0v) is 11.7. The van der Waals surface area contributed by atoms with Gasteiger partial charge in [-0.15, -0.1) is 0 Å². The molecule has 1 unspecified atom stereocenters. The lowest BCUT2D eigenvalue weighted by molar-refractivity contribution is 0.171. The summed E-state index contributed by atoms with van der Waals surface area (Å²) in [7, 11) is 2.15. The van der Waals surface area contributed by atoms with Crippen LogP contribution in [0.4, 0.5) is 5.69 Å². The van der Waals surface area contributed by atoms with Crippen molar-refractivity contribution in [1.82, 2.24) is 4.90 Å². The molecule has 0 radical (unpaired) electrons. The maximum Gasteiger partial charge on any atom is 0.0446 e. The third kappa shape index (κ3) is 2.85. The van der Waals surface area contributed by atoms with Crippen LogP contribution >= 0.6 is 0 Å². The van der Waals surface area contributed by atoms with Gasteiger partial charge in [0.2, 0.25) is 0 Å². The number of aryl methyl sites for hydroxylation is 2. The molecule has 1 N–H and O–H groups in total. The van der Waals surface area contributed by atoms with Crippen molar-refractivity contribution in [3.05, 3.63) is 29.3 Å². The van der Waals surface area contributed by atoms with E-state index in [4.69, 9.17) is 5.11 Å². The summed E-state index contributed by atoms with van der Waals surface area (Å²) in [5.74, 6) is 0. The molecule has 0 spiro atoms. The molecule has 1 aliphatic heterocycles. The van der Waals surface area contributed by atoms with Crippen molar-refractivity contribution in [3.63, 3.8) is 0 Å². The van der Waals surface area contributed by atoms with Crippen molar-refractivity contribution in [1.29, 1.82) is 0 Å². The van der Waals surface area contributed by atoms with Gasteiger partial charge in [0.15, 0.2) is 0 Å². The predicted molar refractivity (Wildman–Crippen MR) is 76.2 cm³/mol. The highest BCUT2D eigenvalue weighted by molar-refractivity contribution is 5.54. The minimum atomic E-state index is 0.274. The molecule has 0 saturated carbocycles. The quantitative estimate of drug-likeness (QED) is 0.883. The van der Waals surface area contributed by atoms with Gasteiger partial charge in [-0.1, -0.05) is 17.7 Å². The zero-order chi connectivity index (χ0) is 13.1. The van der Waals surface area contributed by atoms with Gasteiger partial charge in [-0.2, -0.15) is 0 Å². The highest BCUT2D eigenvalue weighted by Crippen LogP contribution is 2.24. The van der Waals surface area contributed by atoms with E-state index in [1.165, 1.54) is 16.8 Å². The molecule has 3 heteroatoms. The van der Waals surface area contributed by atoms with Crippen molar-refractivity contribution in [2.75, 3.05) is 38.2 Å². The molecule has 1 atom stereocenters. The maximum atomic E-state index is 9.14. The first-order chi connectivity index (χ1) is 8.61. The molecule has 100 valence electrons. The van der Waals surface area contributed by atoms with Gasteiger partial charge in [0.25, 0.3) is 0 Å². The van der Waals surface area contributed by atoms with Crippen LogP contribution in [0.3, 0.4) is 0 Å². The highest BCUT2D eigenvalue weighted by atomic mass is 16.3. The topological polar surface area (TPSA) is 26.7 Å². The lowest BCUT2D eigenvalue weighted by Gasteiger charge is -2.41. The van der Waals surface area contributed by atoms with Gasteiger partial charge >= 0.3 is 0 Å².